The molecule has 2 aliphatic heterocycles. The number of carbonyl (C=O) groups excluding carboxylic acids is 1. The van der Waals surface area contributed by atoms with Gasteiger partial charge in [0.05, 0.1) is 18.1 Å². The minimum absolute atomic E-state index is 0.142. The number of nitrogen functional groups attached to an aromatic ring is 1. The predicted molar refractivity (Wildman–Crippen MR) is 106 cm³/mol. The number of piperazine rings is 1. The second-order valence-electron chi connectivity index (χ2n) is 8.24. The molecule has 1 aromatic rings. The number of anilines is 1. The predicted octanol–water partition coefficient (Wildman–Crippen LogP) is 3.47. The molecule has 2 saturated heterocycles. The Morgan fingerprint density at radius 3 is 2.89 bits per heavy atom. The number of nitrogens with zero attached hydrogens (tertiary/aromatic N) is 3. The Morgan fingerprint density at radius 2 is 2.19 bits per heavy atom. The molecule has 2 aliphatic rings. The van der Waals surface area contributed by atoms with Crippen molar-refractivity contribution in [2.45, 2.75) is 64.1 Å². The number of hydrogen-bond acceptors (Lipinski definition) is 6. The van der Waals surface area contributed by atoms with Crippen molar-refractivity contribution in [3.05, 3.63) is 23.8 Å². The van der Waals surface area contributed by atoms with Crippen molar-refractivity contribution in [3.8, 4) is 0 Å². The Morgan fingerprint density at radius 1 is 1.41 bits per heavy atom. The van der Waals surface area contributed by atoms with Crippen LogP contribution >= 0.6 is 11.9 Å². The average Bonchev–Trinajstić information content (AvgIpc) is 2.77. The summed E-state index contributed by atoms with van der Waals surface area (Å²) in [7, 11) is 0. The van der Waals surface area contributed by atoms with Gasteiger partial charge in [0, 0.05) is 36.5 Å². The van der Waals surface area contributed by atoms with Crippen LogP contribution in [-0.4, -0.2) is 56.8 Å². The highest BCUT2D eigenvalue weighted by molar-refractivity contribution is 7.97. The zero-order valence-corrected chi connectivity index (χ0v) is 17.1. The number of hydrogen-bond donors (Lipinski definition) is 1. The molecular formula is C19H29FN4O2S. The molecule has 2 fully saturated rings. The van der Waals surface area contributed by atoms with Crippen LogP contribution in [-0.2, 0) is 11.2 Å². The fraction of sp³-hybridized carbons (Fsp3) is 0.684. The number of fused-ring (bicyclic) bond motifs is 2. The standard InChI is InChI=1S/C19H29FN4O2S/c1-19(2,3)26-18(25)23-11-14(24-12-13(23)5-4-8-27-24)6-7-15-16(20)9-22-10-17(15)21/h9-10,13-14H,4-8,11-12,21H2,1-3H3. The summed E-state index contributed by atoms with van der Waals surface area (Å²) in [5.41, 5.74) is 6.28. The van der Waals surface area contributed by atoms with E-state index in [2.05, 4.69) is 9.29 Å². The average molecular weight is 397 g/mol. The smallest absolute Gasteiger partial charge is 0.410 e. The van der Waals surface area contributed by atoms with Crippen LogP contribution in [0.1, 0.15) is 45.6 Å². The van der Waals surface area contributed by atoms with E-state index in [9.17, 15) is 9.18 Å². The van der Waals surface area contributed by atoms with E-state index in [1.165, 1.54) is 12.4 Å². The highest BCUT2D eigenvalue weighted by Crippen LogP contribution is 2.32. The highest BCUT2D eigenvalue weighted by Gasteiger charge is 2.39. The third kappa shape index (κ3) is 5.04. The van der Waals surface area contributed by atoms with E-state index in [-0.39, 0.29) is 24.0 Å². The Hall–Kier alpha value is -1.54. The maximum absolute atomic E-state index is 14.1. The number of halogens is 1. The molecule has 1 aromatic heterocycles. The first-order valence-electron chi connectivity index (χ1n) is 9.51. The topological polar surface area (TPSA) is 71.7 Å². The Bertz CT molecular complexity index is 662. The Balaban J connectivity index is 1.72. The Labute approximate surface area is 164 Å². The molecule has 3 rings (SSSR count). The van der Waals surface area contributed by atoms with Crippen molar-refractivity contribution in [2.75, 3.05) is 24.6 Å². The molecule has 0 aromatic carbocycles. The molecule has 0 radical (unpaired) electrons. The lowest BCUT2D eigenvalue weighted by atomic mass is 9.99. The van der Waals surface area contributed by atoms with Crippen LogP contribution in [0.4, 0.5) is 14.9 Å². The molecular weight excluding hydrogens is 367 g/mol. The number of nitrogens with two attached hydrogens (primary N) is 1. The van der Waals surface area contributed by atoms with Crippen LogP contribution in [0.2, 0.25) is 0 Å². The first kappa shape index (κ1) is 20.2. The fourth-order valence-corrected chi connectivity index (χ4v) is 4.85. The van der Waals surface area contributed by atoms with Crippen LogP contribution in [0.15, 0.2) is 12.4 Å². The lowest BCUT2D eigenvalue weighted by Crippen LogP contribution is -2.58. The molecule has 150 valence electrons. The lowest BCUT2D eigenvalue weighted by molar-refractivity contribution is -0.00221. The van der Waals surface area contributed by atoms with Crippen molar-refractivity contribution in [2.24, 2.45) is 0 Å². The SMILES string of the molecule is CC(C)(C)OC(=O)N1CC(CCc2c(N)cncc2F)N2CC1CCCS2. The van der Waals surface area contributed by atoms with Crippen molar-refractivity contribution < 1.29 is 13.9 Å². The van der Waals surface area contributed by atoms with E-state index in [1.54, 1.807) is 0 Å². The van der Waals surface area contributed by atoms with Gasteiger partial charge in [-0.25, -0.2) is 13.5 Å². The van der Waals surface area contributed by atoms with Gasteiger partial charge in [-0.3, -0.25) is 4.98 Å². The lowest BCUT2D eigenvalue weighted by Gasteiger charge is -2.44. The third-order valence-electron chi connectivity index (χ3n) is 4.98. The molecule has 6 nitrogen and oxygen atoms in total. The number of pyridine rings is 1. The van der Waals surface area contributed by atoms with E-state index in [4.69, 9.17) is 10.5 Å². The van der Waals surface area contributed by atoms with Gasteiger partial charge in [0.2, 0.25) is 0 Å². The van der Waals surface area contributed by atoms with E-state index in [0.717, 1.165) is 31.6 Å². The highest BCUT2D eigenvalue weighted by atomic mass is 32.2. The van der Waals surface area contributed by atoms with E-state index >= 15 is 0 Å². The van der Waals surface area contributed by atoms with Crippen LogP contribution in [0.5, 0.6) is 0 Å². The number of rotatable bonds is 3. The van der Waals surface area contributed by atoms with Crippen LogP contribution in [0, 0.1) is 5.82 Å². The molecule has 2 N–H and O–H groups in total. The maximum atomic E-state index is 14.1. The van der Waals surface area contributed by atoms with Gasteiger partial charge in [-0.2, -0.15) is 0 Å². The van der Waals surface area contributed by atoms with Gasteiger partial charge in [-0.05, 0) is 46.5 Å². The maximum Gasteiger partial charge on any atom is 0.410 e. The first-order chi connectivity index (χ1) is 12.7. The monoisotopic (exact) mass is 396 g/mol. The number of aromatic nitrogens is 1. The zero-order valence-electron chi connectivity index (χ0n) is 16.3. The summed E-state index contributed by atoms with van der Waals surface area (Å²) in [6, 6.07) is 0.317. The third-order valence-corrected chi connectivity index (χ3v) is 6.23. The van der Waals surface area contributed by atoms with Gasteiger partial charge in [0.1, 0.15) is 11.4 Å². The second-order valence-corrected chi connectivity index (χ2v) is 9.38. The molecule has 3 unspecified atom stereocenters. The van der Waals surface area contributed by atoms with Gasteiger partial charge >= 0.3 is 6.09 Å². The summed E-state index contributed by atoms with van der Waals surface area (Å²) in [6.07, 6.45) is 5.75. The van der Waals surface area contributed by atoms with E-state index < -0.39 is 5.60 Å². The van der Waals surface area contributed by atoms with E-state index in [1.807, 2.05) is 37.6 Å². The summed E-state index contributed by atoms with van der Waals surface area (Å²) in [4.78, 5) is 18.4. The number of carbonyl (C=O) groups is 1. The quantitative estimate of drug-likeness (QED) is 0.789. The minimum Gasteiger partial charge on any atom is -0.444 e. The van der Waals surface area contributed by atoms with Crippen molar-refractivity contribution in [1.29, 1.82) is 0 Å². The summed E-state index contributed by atoms with van der Waals surface area (Å²) in [5, 5.41) is 0. The molecule has 0 saturated carbocycles. The molecule has 2 bridgehead atoms. The van der Waals surface area contributed by atoms with Crippen LogP contribution in [0.3, 0.4) is 0 Å². The van der Waals surface area contributed by atoms with Crippen molar-refractivity contribution in [1.82, 2.24) is 14.2 Å². The molecule has 27 heavy (non-hydrogen) atoms. The largest absolute Gasteiger partial charge is 0.444 e. The summed E-state index contributed by atoms with van der Waals surface area (Å²) < 4.78 is 22.1. The molecule has 0 spiro atoms. The van der Waals surface area contributed by atoms with Gasteiger partial charge < -0.3 is 15.4 Å². The second kappa shape index (κ2) is 8.22. The zero-order chi connectivity index (χ0) is 19.6. The first-order valence-corrected chi connectivity index (χ1v) is 10.5. The molecule has 0 aliphatic carbocycles. The van der Waals surface area contributed by atoms with Crippen LogP contribution in [0.25, 0.3) is 0 Å². The molecule has 1 amide bonds. The van der Waals surface area contributed by atoms with Crippen molar-refractivity contribution >= 4 is 23.7 Å². The van der Waals surface area contributed by atoms with Gasteiger partial charge in [0.25, 0.3) is 0 Å². The van der Waals surface area contributed by atoms with Crippen molar-refractivity contribution in [3.63, 3.8) is 0 Å². The summed E-state index contributed by atoms with van der Waals surface area (Å²) in [5.74, 6) is 0.678. The summed E-state index contributed by atoms with van der Waals surface area (Å²) >= 11 is 1.83. The number of amides is 1. The molecule has 3 atom stereocenters. The summed E-state index contributed by atoms with van der Waals surface area (Å²) in [6.45, 7) is 7.08. The normalized spacial score (nSPS) is 25.8. The minimum atomic E-state index is -0.516. The fourth-order valence-electron chi connectivity index (χ4n) is 3.66. The Kier molecular flexibility index (Phi) is 6.15. The molecule has 3 heterocycles. The van der Waals surface area contributed by atoms with Gasteiger partial charge in [-0.1, -0.05) is 11.9 Å². The number of ether oxygens (including phenoxy) is 1. The van der Waals surface area contributed by atoms with Gasteiger partial charge in [0.15, 0.2) is 0 Å². The molecule has 8 heteroatoms. The van der Waals surface area contributed by atoms with Crippen LogP contribution < -0.4 is 5.73 Å². The van der Waals surface area contributed by atoms with E-state index in [0.29, 0.717) is 24.2 Å². The van der Waals surface area contributed by atoms with Gasteiger partial charge in [-0.15, -0.1) is 0 Å².